The number of aromatic nitrogens is 3. The molecule has 0 saturated heterocycles. The van der Waals surface area contributed by atoms with Crippen molar-refractivity contribution in [1.82, 2.24) is 15.0 Å². The van der Waals surface area contributed by atoms with Gasteiger partial charge in [0.25, 0.3) is 5.56 Å². The third kappa shape index (κ3) is 2.63. The van der Waals surface area contributed by atoms with Crippen molar-refractivity contribution in [2.45, 2.75) is 10.1 Å². The van der Waals surface area contributed by atoms with Crippen molar-refractivity contribution >= 4 is 28.6 Å². The maximum absolute atomic E-state index is 11.4. The van der Waals surface area contributed by atoms with Crippen LogP contribution in [-0.4, -0.2) is 26.0 Å². The fraction of sp³-hybridized carbons (Fsp3) is 0. The quantitative estimate of drug-likeness (QED) is 0.719. The van der Waals surface area contributed by atoms with Gasteiger partial charge in [-0.15, -0.1) is 0 Å². The summed E-state index contributed by atoms with van der Waals surface area (Å²) in [6, 6.07) is 8.52. The molecule has 2 N–H and O–H groups in total. The van der Waals surface area contributed by atoms with Crippen LogP contribution in [-0.2, 0) is 0 Å². The zero-order valence-electron chi connectivity index (χ0n) is 10.6. The van der Waals surface area contributed by atoms with E-state index in [0.29, 0.717) is 21.0 Å². The molecule has 2 aromatic heterocycles. The Morgan fingerprint density at radius 3 is 2.76 bits per heavy atom. The highest BCUT2D eigenvalue weighted by atomic mass is 32.2. The van der Waals surface area contributed by atoms with Crippen molar-refractivity contribution in [3.63, 3.8) is 0 Å². The van der Waals surface area contributed by atoms with Crippen molar-refractivity contribution in [2.24, 2.45) is 0 Å². The number of hydrogen-bond acceptors (Lipinski definition) is 5. The summed E-state index contributed by atoms with van der Waals surface area (Å²) >= 11 is 1.10. The van der Waals surface area contributed by atoms with Crippen molar-refractivity contribution < 1.29 is 9.90 Å². The minimum atomic E-state index is -1.07. The van der Waals surface area contributed by atoms with Crippen LogP contribution in [0.2, 0.25) is 0 Å². The molecular formula is C14H9N3O3S. The Labute approximate surface area is 122 Å². The standard InChI is InChI=1S/C14H9N3O3S/c18-11-5-6-15-14(17-11)21-12-8-3-1-2-4-10(8)16-7-9(12)13(19)20/h1-7H,(H,19,20)(H,15,17,18). The average molecular weight is 299 g/mol. The minimum absolute atomic E-state index is 0.0743. The first-order valence-corrected chi connectivity index (χ1v) is 6.81. The van der Waals surface area contributed by atoms with Gasteiger partial charge in [-0.1, -0.05) is 30.0 Å². The molecule has 3 rings (SSSR count). The number of hydrogen-bond donors (Lipinski definition) is 2. The molecule has 2 heterocycles. The number of fused-ring (bicyclic) bond motifs is 1. The van der Waals surface area contributed by atoms with E-state index in [4.69, 9.17) is 0 Å². The topological polar surface area (TPSA) is 95.9 Å². The van der Waals surface area contributed by atoms with Crippen LogP contribution in [0, 0.1) is 0 Å². The Morgan fingerprint density at radius 2 is 2.00 bits per heavy atom. The molecule has 0 saturated carbocycles. The zero-order valence-corrected chi connectivity index (χ0v) is 11.4. The zero-order chi connectivity index (χ0) is 14.8. The first kappa shape index (κ1) is 13.3. The second-order valence-corrected chi connectivity index (χ2v) is 5.16. The molecule has 0 radical (unpaired) electrons. The summed E-state index contributed by atoms with van der Waals surface area (Å²) in [6.07, 6.45) is 2.69. The number of rotatable bonds is 3. The second-order valence-electron chi connectivity index (χ2n) is 4.16. The van der Waals surface area contributed by atoms with Crippen LogP contribution in [0.1, 0.15) is 10.4 Å². The highest BCUT2D eigenvalue weighted by Gasteiger charge is 2.16. The molecule has 0 aliphatic carbocycles. The molecule has 0 aliphatic rings. The number of aromatic carboxylic acids is 1. The van der Waals surface area contributed by atoms with Crippen molar-refractivity contribution in [3.05, 3.63) is 58.6 Å². The summed E-state index contributed by atoms with van der Waals surface area (Å²) in [6.45, 7) is 0. The van der Waals surface area contributed by atoms with E-state index in [1.165, 1.54) is 18.5 Å². The Morgan fingerprint density at radius 1 is 1.19 bits per heavy atom. The summed E-state index contributed by atoms with van der Waals surface area (Å²) in [5.41, 5.74) is 0.469. The van der Waals surface area contributed by atoms with E-state index in [2.05, 4.69) is 15.0 Å². The normalized spacial score (nSPS) is 10.7. The molecule has 104 valence electrons. The number of aromatic amines is 1. The number of carboxylic acid groups (broad SMARTS) is 1. The number of nitrogens with one attached hydrogen (secondary N) is 1. The van der Waals surface area contributed by atoms with Gasteiger partial charge in [0.05, 0.1) is 11.1 Å². The maximum atomic E-state index is 11.4. The van der Waals surface area contributed by atoms with E-state index in [1.54, 1.807) is 18.2 Å². The van der Waals surface area contributed by atoms with E-state index in [1.807, 2.05) is 6.07 Å². The van der Waals surface area contributed by atoms with Gasteiger partial charge in [-0.25, -0.2) is 9.78 Å². The number of para-hydroxylation sites is 1. The number of carbonyl (C=O) groups is 1. The Balaban J connectivity index is 2.21. The number of carboxylic acids is 1. The third-order valence-corrected chi connectivity index (χ3v) is 3.85. The third-order valence-electron chi connectivity index (χ3n) is 2.80. The molecule has 0 atom stereocenters. The summed E-state index contributed by atoms with van der Waals surface area (Å²) in [5, 5.41) is 10.3. The lowest BCUT2D eigenvalue weighted by Crippen LogP contribution is -2.06. The molecule has 6 nitrogen and oxygen atoms in total. The summed E-state index contributed by atoms with van der Waals surface area (Å²) < 4.78 is 0. The van der Waals surface area contributed by atoms with Gasteiger partial charge >= 0.3 is 5.97 Å². The molecule has 0 amide bonds. The lowest BCUT2D eigenvalue weighted by atomic mass is 10.1. The number of H-pyrrole nitrogens is 1. The van der Waals surface area contributed by atoms with Gasteiger partial charge in [0.2, 0.25) is 0 Å². The van der Waals surface area contributed by atoms with Crippen molar-refractivity contribution in [3.8, 4) is 0 Å². The molecular weight excluding hydrogens is 290 g/mol. The molecule has 0 fully saturated rings. The summed E-state index contributed by atoms with van der Waals surface area (Å²) in [4.78, 5) is 33.9. The predicted molar refractivity (Wildman–Crippen MR) is 77.7 cm³/mol. The summed E-state index contributed by atoms with van der Waals surface area (Å²) in [5.74, 6) is -1.07. The largest absolute Gasteiger partial charge is 0.478 e. The van der Waals surface area contributed by atoms with Gasteiger partial charge in [0.15, 0.2) is 5.16 Å². The first-order valence-electron chi connectivity index (χ1n) is 5.99. The maximum Gasteiger partial charge on any atom is 0.338 e. The van der Waals surface area contributed by atoms with Crippen molar-refractivity contribution in [2.75, 3.05) is 0 Å². The van der Waals surface area contributed by atoms with E-state index in [0.717, 1.165) is 11.8 Å². The highest BCUT2D eigenvalue weighted by molar-refractivity contribution is 7.99. The first-order chi connectivity index (χ1) is 10.1. The molecule has 0 spiro atoms. The van der Waals surface area contributed by atoms with Crippen LogP contribution in [0.25, 0.3) is 10.9 Å². The van der Waals surface area contributed by atoms with Gasteiger partial charge < -0.3 is 10.1 Å². The molecule has 0 aliphatic heterocycles. The monoisotopic (exact) mass is 299 g/mol. The molecule has 0 bridgehead atoms. The van der Waals surface area contributed by atoms with Crippen LogP contribution in [0.5, 0.6) is 0 Å². The number of nitrogens with zero attached hydrogens (tertiary/aromatic N) is 2. The lowest BCUT2D eigenvalue weighted by molar-refractivity contribution is 0.0693. The SMILES string of the molecule is O=C(O)c1cnc2ccccc2c1Sc1nccc(=O)[nH]1. The number of pyridine rings is 1. The Kier molecular flexibility index (Phi) is 3.41. The van der Waals surface area contributed by atoms with Gasteiger partial charge in [-0.3, -0.25) is 9.78 Å². The van der Waals surface area contributed by atoms with Crippen LogP contribution in [0.15, 0.2) is 57.6 Å². The molecule has 0 unspecified atom stereocenters. The summed E-state index contributed by atoms with van der Waals surface area (Å²) in [7, 11) is 0. The minimum Gasteiger partial charge on any atom is -0.478 e. The van der Waals surface area contributed by atoms with Crippen LogP contribution in [0.4, 0.5) is 0 Å². The van der Waals surface area contributed by atoms with E-state index in [9.17, 15) is 14.7 Å². The Bertz CT molecular complexity index is 892. The molecule has 3 aromatic rings. The highest BCUT2D eigenvalue weighted by Crippen LogP contribution is 2.33. The fourth-order valence-electron chi connectivity index (χ4n) is 1.88. The van der Waals surface area contributed by atoms with Gasteiger partial charge in [0, 0.05) is 28.7 Å². The van der Waals surface area contributed by atoms with Crippen LogP contribution in [0.3, 0.4) is 0 Å². The molecule has 1 aromatic carbocycles. The van der Waals surface area contributed by atoms with Crippen LogP contribution >= 0.6 is 11.8 Å². The average Bonchev–Trinajstić information content (AvgIpc) is 2.47. The van der Waals surface area contributed by atoms with Gasteiger partial charge in [0.1, 0.15) is 0 Å². The smallest absolute Gasteiger partial charge is 0.338 e. The van der Waals surface area contributed by atoms with Crippen LogP contribution < -0.4 is 5.56 Å². The van der Waals surface area contributed by atoms with Gasteiger partial charge in [-0.05, 0) is 6.07 Å². The molecule has 21 heavy (non-hydrogen) atoms. The number of benzene rings is 1. The Hall–Kier alpha value is -2.67. The molecule has 7 heteroatoms. The van der Waals surface area contributed by atoms with E-state index >= 15 is 0 Å². The predicted octanol–water partition coefficient (Wildman–Crippen LogP) is 2.17. The second kappa shape index (κ2) is 5.37. The lowest BCUT2D eigenvalue weighted by Gasteiger charge is -2.08. The van der Waals surface area contributed by atoms with E-state index in [-0.39, 0.29) is 11.1 Å². The van der Waals surface area contributed by atoms with Gasteiger partial charge in [-0.2, -0.15) is 0 Å². The fourth-order valence-corrected chi connectivity index (χ4v) is 2.87. The van der Waals surface area contributed by atoms with E-state index < -0.39 is 5.97 Å². The van der Waals surface area contributed by atoms with Crippen molar-refractivity contribution in [1.29, 1.82) is 0 Å².